The van der Waals surface area contributed by atoms with Crippen molar-refractivity contribution in [2.75, 3.05) is 32.8 Å². The van der Waals surface area contributed by atoms with Crippen LogP contribution in [0.2, 0.25) is 5.15 Å². The number of aryl methyl sites for hydroxylation is 2. The summed E-state index contributed by atoms with van der Waals surface area (Å²) in [6.07, 6.45) is 0.268. The second kappa shape index (κ2) is 6.70. The molecule has 1 saturated heterocycles. The smallest absolute Gasteiger partial charge is 0.131 e. The SMILES string of the molecule is CCN1CCOC(CNCc2c(C)nn(C)c2Cl)C1. The van der Waals surface area contributed by atoms with E-state index in [0.29, 0.717) is 5.15 Å². The monoisotopic (exact) mass is 286 g/mol. The number of likely N-dealkylation sites (N-methyl/N-ethyl adjacent to an activating group) is 1. The van der Waals surface area contributed by atoms with Crippen molar-refractivity contribution in [1.29, 1.82) is 0 Å². The van der Waals surface area contributed by atoms with E-state index in [0.717, 1.165) is 50.6 Å². The maximum atomic E-state index is 6.20. The lowest BCUT2D eigenvalue weighted by atomic mass is 10.2. The van der Waals surface area contributed by atoms with E-state index in [-0.39, 0.29) is 6.10 Å². The van der Waals surface area contributed by atoms with Gasteiger partial charge in [0, 0.05) is 38.8 Å². The topological polar surface area (TPSA) is 42.3 Å². The van der Waals surface area contributed by atoms with E-state index in [1.54, 1.807) is 4.68 Å². The number of hydrogen-bond donors (Lipinski definition) is 1. The maximum Gasteiger partial charge on any atom is 0.131 e. The van der Waals surface area contributed by atoms with Crippen LogP contribution in [0.5, 0.6) is 0 Å². The Hall–Kier alpha value is -0.620. The van der Waals surface area contributed by atoms with Crippen molar-refractivity contribution >= 4 is 11.6 Å². The molecular weight excluding hydrogens is 264 g/mol. The molecule has 2 rings (SSSR count). The zero-order valence-electron chi connectivity index (χ0n) is 11.9. The molecule has 1 unspecified atom stereocenters. The second-order valence-corrected chi connectivity index (χ2v) is 5.35. The molecule has 6 heteroatoms. The van der Waals surface area contributed by atoms with Crippen LogP contribution in [0, 0.1) is 6.92 Å². The molecular formula is C13H23ClN4O. The fourth-order valence-electron chi connectivity index (χ4n) is 2.42. The average Bonchev–Trinajstić information content (AvgIpc) is 2.65. The highest BCUT2D eigenvalue weighted by atomic mass is 35.5. The molecule has 1 aliphatic rings. The zero-order chi connectivity index (χ0) is 13.8. The number of ether oxygens (including phenoxy) is 1. The second-order valence-electron chi connectivity index (χ2n) is 5.00. The number of halogens is 1. The van der Waals surface area contributed by atoms with Gasteiger partial charge in [-0.3, -0.25) is 9.58 Å². The summed E-state index contributed by atoms with van der Waals surface area (Å²) in [4.78, 5) is 2.41. The molecule has 2 heterocycles. The summed E-state index contributed by atoms with van der Waals surface area (Å²) in [7, 11) is 1.86. The summed E-state index contributed by atoms with van der Waals surface area (Å²) in [5, 5.41) is 8.44. The summed E-state index contributed by atoms with van der Waals surface area (Å²) in [5.41, 5.74) is 2.06. The molecule has 0 saturated carbocycles. The zero-order valence-corrected chi connectivity index (χ0v) is 12.7. The highest BCUT2D eigenvalue weighted by molar-refractivity contribution is 6.30. The summed E-state index contributed by atoms with van der Waals surface area (Å²) in [6, 6.07) is 0. The number of hydrogen-bond acceptors (Lipinski definition) is 4. The van der Waals surface area contributed by atoms with Crippen molar-refractivity contribution in [3.63, 3.8) is 0 Å². The van der Waals surface area contributed by atoms with Gasteiger partial charge in [-0.25, -0.2) is 0 Å². The Labute approximate surface area is 119 Å². The Kier molecular flexibility index (Phi) is 5.21. The summed E-state index contributed by atoms with van der Waals surface area (Å²) in [6.45, 7) is 9.73. The average molecular weight is 287 g/mol. The first kappa shape index (κ1) is 14.8. The van der Waals surface area contributed by atoms with Gasteiger partial charge in [0.2, 0.25) is 0 Å². The highest BCUT2D eigenvalue weighted by Crippen LogP contribution is 2.18. The van der Waals surface area contributed by atoms with Crippen LogP contribution in [0.1, 0.15) is 18.2 Å². The van der Waals surface area contributed by atoms with Crippen molar-refractivity contribution in [3.8, 4) is 0 Å². The predicted octanol–water partition coefficient (Wildman–Crippen LogP) is 1.19. The Bertz CT molecular complexity index is 421. The maximum absolute atomic E-state index is 6.20. The molecule has 0 bridgehead atoms. The van der Waals surface area contributed by atoms with Gasteiger partial charge in [0.15, 0.2) is 0 Å². The summed E-state index contributed by atoms with van der Waals surface area (Å²) < 4.78 is 7.47. The van der Waals surface area contributed by atoms with E-state index < -0.39 is 0 Å². The molecule has 5 nitrogen and oxygen atoms in total. The third-order valence-electron chi connectivity index (χ3n) is 3.61. The molecule has 0 spiro atoms. The molecule has 0 amide bonds. The van der Waals surface area contributed by atoms with Crippen molar-refractivity contribution in [3.05, 3.63) is 16.4 Å². The molecule has 1 atom stereocenters. The van der Waals surface area contributed by atoms with Gasteiger partial charge >= 0.3 is 0 Å². The third kappa shape index (κ3) is 3.69. The van der Waals surface area contributed by atoms with E-state index in [1.165, 1.54) is 0 Å². The van der Waals surface area contributed by atoms with Gasteiger partial charge < -0.3 is 10.1 Å². The molecule has 108 valence electrons. The van der Waals surface area contributed by atoms with Crippen LogP contribution in [0.3, 0.4) is 0 Å². The molecule has 19 heavy (non-hydrogen) atoms. The van der Waals surface area contributed by atoms with Crippen LogP contribution in [0.25, 0.3) is 0 Å². The van der Waals surface area contributed by atoms with Crippen LogP contribution < -0.4 is 5.32 Å². The van der Waals surface area contributed by atoms with E-state index >= 15 is 0 Å². The van der Waals surface area contributed by atoms with Crippen molar-refractivity contribution < 1.29 is 4.74 Å². The van der Waals surface area contributed by atoms with Gasteiger partial charge in [-0.1, -0.05) is 18.5 Å². The normalized spacial score (nSPS) is 20.9. The molecule has 1 fully saturated rings. The Morgan fingerprint density at radius 3 is 2.95 bits per heavy atom. The van der Waals surface area contributed by atoms with Crippen molar-refractivity contribution in [2.45, 2.75) is 26.5 Å². The van der Waals surface area contributed by atoms with Crippen LogP contribution in [-0.2, 0) is 18.3 Å². The first-order chi connectivity index (χ1) is 9.11. The predicted molar refractivity (Wildman–Crippen MR) is 76.5 cm³/mol. The minimum atomic E-state index is 0.268. The van der Waals surface area contributed by atoms with Crippen LogP contribution in [0.15, 0.2) is 0 Å². The van der Waals surface area contributed by atoms with Gasteiger partial charge in [-0.15, -0.1) is 0 Å². The van der Waals surface area contributed by atoms with E-state index in [4.69, 9.17) is 16.3 Å². The van der Waals surface area contributed by atoms with Crippen LogP contribution >= 0.6 is 11.6 Å². The van der Waals surface area contributed by atoms with Gasteiger partial charge in [-0.2, -0.15) is 5.10 Å². The summed E-state index contributed by atoms with van der Waals surface area (Å²) >= 11 is 6.20. The lowest BCUT2D eigenvalue weighted by Gasteiger charge is -2.32. The lowest BCUT2D eigenvalue weighted by Crippen LogP contribution is -2.46. The van der Waals surface area contributed by atoms with E-state index in [1.807, 2.05) is 14.0 Å². The third-order valence-corrected chi connectivity index (χ3v) is 4.09. The Balaban J connectivity index is 1.80. The number of rotatable bonds is 5. The molecule has 1 aliphatic heterocycles. The first-order valence-electron chi connectivity index (χ1n) is 6.84. The molecule has 0 radical (unpaired) electrons. The highest BCUT2D eigenvalue weighted by Gasteiger charge is 2.19. The fourth-order valence-corrected chi connectivity index (χ4v) is 2.67. The van der Waals surface area contributed by atoms with E-state index in [9.17, 15) is 0 Å². The van der Waals surface area contributed by atoms with Crippen molar-refractivity contribution in [2.24, 2.45) is 7.05 Å². The molecule has 0 aliphatic carbocycles. The fraction of sp³-hybridized carbons (Fsp3) is 0.769. The Morgan fingerprint density at radius 1 is 1.53 bits per heavy atom. The molecule has 0 aromatic carbocycles. The number of nitrogens with zero attached hydrogens (tertiary/aromatic N) is 3. The van der Waals surface area contributed by atoms with E-state index in [2.05, 4.69) is 22.2 Å². The molecule has 1 aromatic rings. The largest absolute Gasteiger partial charge is 0.374 e. The minimum absolute atomic E-state index is 0.268. The number of nitrogens with one attached hydrogen (secondary N) is 1. The van der Waals surface area contributed by atoms with Gasteiger partial charge in [0.25, 0.3) is 0 Å². The standard InChI is InChI=1S/C13H23ClN4O/c1-4-18-5-6-19-11(9-18)7-15-8-12-10(2)16-17(3)13(12)14/h11,15H,4-9H2,1-3H3. The van der Waals surface area contributed by atoms with Gasteiger partial charge in [0.1, 0.15) is 5.15 Å². The lowest BCUT2D eigenvalue weighted by molar-refractivity contribution is -0.0253. The van der Waals surface area contributed by atoms with Crippen LogP contribution in [0.4, 0.5) is 0 Å². The molecule has 1 N–H and O–H groups in total. The van der Waals surface area contributed by atoms with Crippen molar-refractivity contribution in [1.82, 2.24) is 20.0 Å². The number of aromatic nitrogens is 2. The quantitative estimate of drug-likeness (QED) is 0.883. The van der Waals surface area contributed by atoms with Gasteiger partial charge in [0.05, 0.1) is 18.4 Å². The number of morpholine rings is 1. The Morgan fingerprint density at radius 2 is 2.32 bits per heavy atom. The van der Waals surface area contributed by atoms with Crippen LogP contribution in [-0.4, -0.2) is 53.6 Å². The summed E-state index contributed by atoms with van der Waals surface area (Å²) in [5.74, 6) is 0. The first-order valence-corrected chi connectivity index (χ1v) is 7.22. The van der Waals surface area contributed by atoms with Gasteiger partial charge in [-0.05, 0) is 13.5 Å². The minimum Gasteiger partial charge on any atom is -0.374 e. The molecule has 1 aromatic heterocycles.